The number of carbonyl (C=O) groups is 2. The smallest absolute Gasteiger partial charge is 0.352 e. The van der Waals surface area contributed by atoms with Gasteiger partial charge in [-0.05, 0) is 6.92 Å². The predicted molar refractivity (Wildman–Crippen MR) is 76.1 cm³/mol. The number of hydroxylamine groups is 3. The van der Waals surface area contributed by atoms with Crippen molar-refractivity contribution in [1.29, 1.82) is 0 Å². The van der Waals surface area contributed by atoms with Crippen molar-refractivity contribution >= 4 is 11.9 Å². The number of β-lactam (4-membered cyclic amide) rings is 1. The summed E-state index contributed by atoms with van der Waals surface area (Å²) in [6.45, 7) is 4.30. The minimum absolute atomic E-state index is 0.0614. The van der Waals surface area contributed by atoms with Crippen LogP contribution in [0.2, 0.25) is 0 Å². The molecule has 0 aliphatic carbocycles. The van der Waals surface area contributed by atoms with Crippen molar-refractivity contribution in [2.24, 2.45) is 11.8 Å². The molecule has 3 aliphatic heterocycles. The SMILES string of the molecule is C[C@@H](O)[C@H]1C(=O)N2C(C(=O)O)=C([C@H]3CC[N+](C)(C)O3)[C@H](C)[C@H]12. The van der Waals surface area contributed by atoms with E-state index in [9.17, 15) is 19.8 Å². The lowest BCUT2D eigenvalue weighted by Crippen LogP contribution is -2.63. The molecule has 0 saturated carbocycles. The topological polar surface area (TPSA) is 87.1 Å². The van der Waals surface area contributed by atoms with E-state index in [2.05, 4.69) is 0 Å². The highest BCUT2D eigenvalue weighted by atomic mass is 16.7. The summed E-state index contributed by atoms with van der Waals surface area (Å²) in [4.78, 5) is 31.3. The number of quaternary nitrogens is 1. The van der Waals surface area contributed by atoms with Gasteiger partial charge in [-0.25, -0.2) is 4.79 Å². The van der Waals surface area contributed by atoms with Crippen LogP contribution in [0.3, 0.4) is 0 Å². The Morgan fingerprint density at radius 1 is 1.45 bits per heavy atom. The molecule has 0 unspecified atom stereocenters. The fraction of sp³-hybridized carbons (Fsp3) is 0.733. The number of hydrogen-bond donors (Lipinski definition) is 2. The zero-order chi connectivity index (χ0) is 16.4. The summed E-state index contributed by atoms with van der Waals surface area (Å²) in [6.07, 6.45) is -0.330. The summed E-state index contributed by atoms with van der Waals surface area (Å²) in [5.74, 6) is -2.04. The summed E-state index contributed by atoms with van der Waals surface area (Å²) < 4.78 is 0.381. The minimum Gasteiger partial charge on any atom is -0.477 e. The van der Waals surface area contributed by atoms with E-state index in [0.717, 1.165) is 13.0 Å². The standard InChI is InChI=1S/C15H22N2O5/c1-7-10(9-5-6-17(3,4)22-9)13(15(20)21)16-12(7)11(8(2)18)14(16)19/h7-9,11-12,18H,5-6H2,1-4H3/p+1/t7-,8+,9+,11+,12+/m0/s1. The van der Waals surface area contributed by atoms with Gasteiger partial charge in [0.1, 0.15) is 18.3 Å². The molecule has 0 bridgehead atoms. The van der Waals surface area contributed by atoms with Crippen LogP contribution in [-0.4, -0.2) is 70.5 Å². The van der Waals surface area contributed by atoms with Crippen molar-refractivity contribution in [3.63, 3.8) is 0 Å². The molecule has 7 heteroatoms. The van der Waals surface area contributed by atoms with Gasteiger partial charge >= 0.3 is 5.97 Å². The molecule has 3 heterocycles. The second-order valence-corrected chi connectivity index (χ2v) is 7.04. The molecule has 3 rings (SSSR count). The molecule has 0 radical (unpaired) electrons. The van der Waals surface area contributed by atoms with E-state index in [-0.39, 0.29) is 29.7 Å². The van der Waals surface area contributed by atoms with Crippen LogP contribution in [0.25, 0.3) is 0 Å². The number of aliphatic carboxylic acids is 1. The average Bonchev–Trinajstić information content (AvgIpc) is 2.85. The van der Waals surface area contributed by atoms with E-state index in [4.69, 9.17) is 4.84 Å². The normalized spacial score (nSPS) is 38.0. The molecule has 0 aromatic carbocycles. The molecule has 0 spiro atoms. The van der Waals surface area contributed by atoms with E-state index in [0.29, 0.717) is 10.2 Å². The third-order valence-electron chi connectivity index (χ3n) is 5.12. The molecular weight excluding hydrogens is 288 g/mol. The highest BCUT2D eigenvalue weighted by molar-refractivity contribution is 6.00. The number of carboxylic acids is 1. The Balaban J connectivity index is 1.98. The van der Waals surface area contributed by atoms with E-state index < -0.39 is 18.0 Å². The molecule has 22 heavy (non-hydrogen) atoms. The van der Waals surface area contributed by atoms with Crippen molar-refractivity contribution < 1.29 is 29.3 Å². The molecule has 3 aliphatic rings. The first-order valence-electron chi connectivity index (χ1n) is 7.65. The first-order valence-corrected chi connectivity index (χ1v) is 7.65. The highest BCUT2D eigenvalue weighted by Gasteiger charge is 2.61. The maximum absolute atomic E-state index is 12.3. The van der Waals surface area contributed by atoms with Gasteiger partial charge < -0.3 is 15.1 Å². The predicted octanol–water partition coefficient (Wildman–Crippen LogP) is -0.0371. The van der Waals surface area contributed by atoms with Gasteiger partial charge in [-0.15, -0.1) is 0 Å². The fourth-order valence-electron chi connectivity index (χ4n) is 4.12. The van der Waals surface area contributed by atoms with Crippen molar-refractivity contribution in [2.45, 2.75) is 38.5 Å². The van der Waals surface area contributed by atoms with Crippen molar-refractivity contribution in [1.82, 2.24) is 4.90 Å². The molecule has 2 saturated heterocycles. The molecule has 2 fully saturated rings. The van der Waals surface area contributed by atoms with Crippen LogP contribution in [-0.2, 0) is 14.4 Å². The number of hydrogen-bond acceptors (Lipinski definition) is 4. The van der Waals surface area contributed by atoms with Crippen molar-refractivity contribution in [2.75, 3.05) is 20.6 Å². The van der Waals surface area contributed by atoms with Gasteiger partial charge in [0.2, 0.25) is 5.91 Å². The Kier molecular flexibility index (Phi) is 3.36. The largest absolute Gasteiger partial charge is 0.477 e. The van der Waals surface area contributed by atoms with Gasteiger partial charge in [0, 0.05) is 17.9 Å². The first-order chi connectivity index (χ1) is 10.2. The van der Waals surface area contributed by atoms with Crippen molar-refractivity contribution in [3.05, 3.63) is 11.3 Å². The number of amides is 1. The highest BCUT2D eigenvalue weighted by Crippen LogP contribution is 2.49. The third kappa shape index (κ3) is 2.00. The maximum Gasteiger partial charge on any atom is 0.352 e. The lowest BCUT2D eigenvalue weighted by molar-refractivity contribution is -1.06. The monoisotopic (exact) mass is 311 g/mol. The van der Waals surface area contributed by atoms with Crippen LogP contribution < -0.4 is 0 Å². The molecule has 0 aromatic heterocycles. The van der Waals surface area contributed by atoms with Gasteiger partial charge in [0.05, 0.1) is 32.2 Å². The van der Waals surface area contributed by atoms with Crippen LogP contribution in [0.4, 0.5) is 0 Å². The molecular formula is C15H23N2O5+. The number of fused-ring (bicyclic) bond motifs is 1. The number of carbonyl (C=O) groups excluding carboxylic acids is 1. The van der Waals surface area contributed by atoms with Crippen LogP contribution in [0.15, 0.2) is 11.3 Å². The number of carboxylic acid groups (broad SMARTS) is 1. The van der Waals surface area contributed by atoms with Gasteiger partial charge in [0.25, 0.3) is 0 Å². The Hall–Kier alpha value is -1.44. The molecule has 7 nitrogen and oxygen atoms in total. The fourth-order valence-corrected chi connectivity index (χ4v) is 4.12. The van der Waals surface area contributed by atoms with Gasteiger partial charge in [0.15, 0.2) is 0 Å². The summed E-state index contributed by atoms with van der Waals surface area (Å²) in [6, 6.07) is -0.270. The number of aliphatic hydroxyl groups is 1. The van der Waals surface area contributed by atoms with Crippen LogP contribution in [0.5, 0.6) is 0 Å². The molecule has 1 amide bonds. The van der Waals surface area contributed by atoms with E-state index >= 15 is 0 Å². The Labute approximate surface area is 129 Å². The van der Waals surface area contributed by atoms with E-state index in [1.54, 1.807) is 6.92 Å². The van der Waals surface area contributed by atoms with Crippen LogP contribution >= 0.6 is 0 Å². The second-order valence-electron chi connectivity index (χ2n) is 7.04. The first kappa shape index (κ1) is 15.5. The Bertz CT molecular complexity index is 568. The number of rotatable bonds is 3. The van der Waals surface area contributed by atoms with Gasteiger partial charge in [-0.2, -0.15) is 9.48 Å². The maximum atomic E-state index is 12.3. The molecule has 2 N–H and O–H groups in total. The van der Waals surface area contributed by atoms with Crippen LogP contribution in [0.1, 0.15) is 20.3 Å². The number of nitrogens with zero attached hydrogens (tertiary/aromatic N) is 2. The van der Waals surface area contributed by atoms with Crippen molar-refractivity contribution in [3.8, 4) is 0 Å². The van der Waals surface area contributed by atoms with E-state index in [1.807, 2.05) is 21.0 Å². The zero-order valence-corrected chi connectivity index (χ0v) is 13.3. The zero-order valence-electron chi connectivity index (χ0n) is 13.3. The second kappa shape index (κ2) is 4.78. The van der Waals surface area contributed by atoms with Gasteiger partial charge in [-0.1, -0.05) is 6.92 Å². The Morgan fingerprint density at radius 3 is 2.55 bits per heavy atom. The average molecular weight is 311 g/mol. The summed E-state index contributed by atoms with van der Waals surface area (Å²) >= 11 is 0. The minimum atomic E-state index is -1.09. The third-order valence-corrected chi connectivity index (χ3v) is 5.12. The lowest BCUT2D eigenvalue weighted by Gasteiger charge is -2.46. The lowest BCUT2D eigenvalue weighted by atomic mass is 9.77. The molecule has 122 valence electrons. The van der Waals surface area contributed by atoms with E-state index in [1.165, 1.54) is 4.90 Å². The Morgan fingerprint density at radius 2 is 2.09 bits per heavy atom. The summed E-state index contributed by atoms with van der Waals surface area (Å²) in [5, 5.41) is 19.4. The molecule has 0 aromatic rings. The van der Waals surface area contributed by atoms with Gasteiger partial charge in [-0.3, -0.25) is 4.79 Å². The molecule has 5 atom stereocenters. The van der Waals surface area contributed by atoms with Crippen LogP contribution in [0, 0.1) is 11.8 Å². The summed E-state index contributed by atoms with van der Waals surface area (Å²) in [5.41, 5.74) is 0.754. The quantitative estimate of drug-likeness (QED) is 0.564. The number of aliphatic hydroxyl groups excluding tert-OH is 1. The summed E-state index contributed by atoms with van der Waals surface area (Å²) in [7, 11) is 3.86.